The summed E-state index contributed by atoms with van der Waals surface area (Å²) in [5, 5.41) is 0.0224. The molecular weight excluding hydrogens is 290 g/mol. The molecular formula is C11H16ClN3O3S. The van der Waals surface area contributed by atoms with Crippen LogP contribution in [0.1, 0.15) is 19.8 Å². The molecule has 2 atom stereocenters. The zero-order valence-corrected chi connectivity index (χ0v) is 12.1. The maximum Gasteiger partial charge on any atom is 0.243 e. The lowest BCUT2D eigenvalue weighted by Crippen LogP contribution is -2.32. The van der Waals surface area contributed by atoms with E-state index in [2.05, 4.69) is 14.7 Å². The van der Waals surface area contributed by atoms with E-state index in [-0.39, 0.29) is 22.2 Å². The number of halogens is 1. The van der Waals surface area contributed by atoms with E-state index in [0.29, 0.717) is 13.2 Å². The van der Waals surface area contributed by atoms with E-state index in [0.717, 1.165) is 12.8 Å². The van der Waals surface area contributed by atoms with Crippen molar-refractivity contribution in [3.05, 3.63) is 17.7 Å². The maximum atomic E-state index is 12.0. The van der Waals surface area contributed by atoms with Gasteiger partial charge < -0.3 is 4.74 Å². The monoisotopic (exact) mass is 305 g/mol. The van der Waals surface area contributed by atoms with E-state index >= 15 is 0 Å². The number of sulfonamides is 1. The second-order valence-corrected chi connectivity index (χ2v) is 6.51. The molecule has 2 unspecified atom stereocenters. The van der Waals surface area contributed by atoms with Gasteiger partial charge in [-0.15, -0.1) is 0 Å². The van der Waals surface area contributed by atoms with Crippen LogP contribution in [0.3, 0.4) is 0 Å². The number of nitrogens with one attached hydrogen (secondary N) is 1. The molecule has 2 heterocycles. The Morgan fingerprint density at radius 3 is 2.79 bits per heavy atom. The highest BCUT2D eigenvalue weighted by Gasteiger charge is 2.28. The molecule has 0 aromatic carbocycles. The van der Waals surface area contributed by atoms with Gasteiger partial charge >= 0.3 is 0 Å². The average Bonchev–Trinajstić information content (AvgIpc) is 2.84. The summed E-state index contributed by atoms with van der Waals surface area (Å²) in [5.41, 5.74) is 0. The van der Waals surface area contributed by atoms with Gasteiger partial charge in [0.05, 0.1) is 18.5 Å². The van der Waals surface area contributed by atoms with Crippen LogP contribution < -0.4 is 4.72 Å². The molecule has 1 N–H and O–H groups in total. The van der Waals surface area contributed by atoms with Crippen LogP contribution in [0.2, 0.25) is 5.28 Å². The van der Waals surface area contributed by atoms with Crippen molar-refractivity contribution in [1.82, 2.24) is 14.7 Å². The molecule has 8 heteroatoms. The fraction of sp³-hybridized carbons (Fsp3) is 0.636. The van der Waals surface area contributed by atoms with Gasteiger partial charge in [0.2, 0.25) is 15.3 Å². The van der Waals surface area contributed by atoms with Gasteiger partial charge in [-0.3, -0.25) is 0 Å². The first kappa shape index (κ1) is 14.6. The van der Waals surface area contributed by atoms with Crippen LogP contribution in [0.5, 0.6) is 0 Å². The quantitative estimate of drug-likeness (QED) is 0.827. The van der Waals surface area contributed by atoms with Crippen molar-refractivity contribution in [1.29, 1.82) is 0 Å². The van der Waals surface area contributed by atoms with E-state index in [1.165, 1.54) is 12.4 Å². The van der Waals surface area contributed by atoms with Gasteiger partial charge in [0, 0.05) is 19.1 Å². The fourth-order valence-electron chi connectivity index (χ4n) is 2.12. The average molecular weight is 306 g/mol. The van der Waals surface area contributed by atoms with E-state index < -0.39 is 10.0 Å². The van der Waals surface area contributed by atoms with E-state index in [9.17, 15) is 8.42 Å². The number of hydrogen-bond donors (Lipinski definition) is 1. The lowest BCUT2D eigenvalue weighted by Gasteiger charge is -2.17. The second kappa shape index (κ2) is 6.13. The Hall–Kier alpha value is -0.760. The zero-order chi connectivity index (χ0) is 13.9. The van der Waals surface area contributed by atoms with Gasteiger partial charge in [0.15, 0.2) is 0 Å². The summed E-state index contributed by atoms with van der Waals surface area (Å²) in [6.07, 6.45) is 4.28. The van der Waals surface area contributed by atoms with Crippen molar-refractivity contribution < 1.29 is 13.2 Å². The minimum atomic E-state index is -3.59. The minimum Gasteiger partial charge on any atom is -0.378 e. The Kier molecular flexibility index (Phi) is 4.72. The predicted molar refractivity (Wildman–Crippen MR) is 70.4 cm³/mol. The molecule has 0 bridgehead atoms. The summed E-state index contributed by atoms with van der Waals surface area (Å²) in [6, 6.07) is 0. The molecule has 1 fully saturated rings. The third-order valence-electron chi connectivity index (χ3n) is 3.19. The van der Waals surface area contributed by atoms with Crippen molar-refractivity contribution in [3.8, 4) is 0 Å². The molecule has 19 heavy (non-hydrogen) atoms. The summed E-state index contributed by atoms with van der Waals surface area (Å²) < 4.78 is 32.1. The van der Waals surface area contributed by atoms with Crippen LogP contribution in [-0.2, 0) is 14.8 Å². The largest absolute Gasteiger partial charge is 0.378 e. The number of nitrogens with zero attached hydrogens (tertiary/aromatic N) is 2. The number of rotatable bonds is 5. The maximum absolute atomic E-state index is 12.0. The standard InChI is InChI=1S/C11H16ClN3O3S/c1-2-10-8(3-4-18-10)5-15-19(16,17)9-6-13-11(12)14-7-9/h6-8,10,15H,2-5H2,1H3. The molecule has 0 radical (unpaired) electrons. The molecule has 0 aliphatic carbocycles. The van der Waals surface area contributed by atoms with Crippen molar-refractivity contribution in [3.63, 3.8) is 0 Å². The normalized spacial score (nSPS) is 23.7. The zero-order valence-electron chi connectivity index (χ0n) is 10.5. The van der Waals surface area contributed by atoms with Crippen LogP contribution in [-0.4, -0.2) is 37.6 Å². The van der Waals surface area contributed by atoms with Crippen molar-refractivity contribution in [2.24, 2.45) is 5.92 Å². The number of ether oxygens (including phenoxy) is 1. The highest BCUT2D eigenvalue weighted by atomic mass is 35.5. The summed E-state index contributed by atoms with van der Waals surface area (Å²) in [6.45, 7) is 3.09. The summed E-state index contributed by atoms with van der Waals surface area (Å²) >= 11 is 5.53. The van der Waals surface area contributed by atoms with Crippen LogP contribution >= 0.6 is 11.6 Å². The fourth-order valence-corrected chi connectivity index (χ4v) is 3.20. The van der Waals surface area contributed by atoms with Gasteiger partial charge in [-0.2, -0.15) is 0 Å². The Morgan fingerprint density at radius 2 is 2.16 bits per heavy atom. The molecule has 6 nitrogen and oxygen atoms in total. The Bertz CT molecular complexity index is 520. The van der Waals surface area contributed by atoms with E-state index in [1.807, 2.05) is 6.92 Å². The molecule has 0 amide bonds. The first-order chi connectivity index (χ1) is 9.03. The lowest BCUT2D eigenvalue weighted by molar-refractivity contribution is 0.0884. The first-order valence-corrected chi connectivity index (χ1v) is 7.98. The first-order valence-electron chi connectivity index (χ1n) is 6.11. The second-order valence-electron chi connectivity index (χ2n) is 4.41. The minimum absolute atomic E-state index is 0.0175. The summed E-state index contributed by atoms with van der Waals surface area (Å²) in [4.78, 5) is 7.35. The molecule has 0 spiro atoms. The topological polar surface area (TPSA) is 81.2 Å². The number of hydrogen-bond acceptors (Lipinski definition) is 5. The highest BCUT2D eigenvalue weighted by molar-refractivity contribution is 7.89. The molecule has 106 valence electrons. The van der Waals surface area contributed by atoms with E-state index in [4.69, 9.17) is 16.3 Å². The third kappa shape index (κ3) is 3.62. The summed E-state index contributed by atoms with van der Waals surface area (Å²) in [7, 11) is -3.59. The third-order valence-corrected chi connectivity index (χ3v) is 4.76. The molecule has 1 saturated heterocycles. The molecule has 0 saturated carbocycles. The van der Waals surface area contributed by atoms with Crippen molar-refractivity contribution in [2.45, 2.75) is 30.8 Å². The Balaban J connectivity index is 2.00. The molecule has 2 rings (SSSR count). The molecule has 1 aromatic heterocycles. The van der Waals surface area contributed by atoms with Gasteiger partial charge in [0.1, 0.15) is 4.90 Å². The van der Waals surface area contributed by atoms with Crippen LogP contribution in [0.15, 0.2) is 17.3 Å². The van der Waals surface area contributed by atoms with Gasteiger partial charge in [-0.1, -0.05) is 6.92 Å². The molecule has 1 aliphatic rings. The van der Waals surface area contributed by atoms with Crippen LogP contribution in [0.25, 0.3) is 0 Å². The lowest BCUT2D eigenvalue weighted by atomic mass is 10.0. The van der Waals surface area contributed by atoms with Crippen LogP contribution in [0, 0.1) is 5.92 Å². The van der Waals surface area contributed by atoms with Crippen molar-refractivity contribution in [2.75, 3.05) is 13.2 Å². The highest BCUT2D eigenvalue weighted by Crippen LogP contribution is 2.23. The molecule has 1 aromatic rings. The van der Waals surface area contributed by atoms with Gasteiger partial charge in [-0.05, 0) is 24.4 Å². The molecule has 1 aliphatic heterocycles. The van der Waals surface area contributed by atoms with Gasteiger partial charge in [0.25, 0.3) is 0 Å². The Labute approximate surface area is 117 Å². The van der Waals surface area contributed by atoms with Crippen LogP contribution in [0.4, 0.5) is 0 Å². The predicted octanol–water partition coefficient (Wildman–Crippen LogP) is 1.22. The van der Waals surface area contributed by atoms with Gasteiger partial charge in [-0.25, -0.2) is 23.1 Å². The SMILES string of the molecule is CCC1OCCC1CNS(=O)(=O)c1cnc(Cl)nc1. The number of aromatic nitrogens is 2. The Morgan fingerprint density at radius 1 is 1.47 bits per heavy atom. The van der Waals surface area contributed by atoms with Crippen molar-refractivity contribution >= 4 is 21.6 Å². The smallest absolute Gasteiger partial charge is 0.243 e. The summed E-state index contributed by atoms with van der Waals surface area (Å²) in [5.74, 6) is 0.216. The van der Waals surface area contributed by atoms with E-state index in [1.54, 1.807) is 0 Å².